The average Bonchev–Trinajstić information content (AvgIpc) is 3.30. The highest BCUT2D eigenvalue weighted by molar-refractivity contribution is 6.08. The van der Waals surface area contributed by atoms with Crippen molar-refractivity contribution in [1.82, 2.24) is 0 Å². The lowest BCUT2D eigenvalue weighted by Gasteiger charge is -2.30. The van der Waals surface area contributed by atoms with Gasteiger partial charge in [0.1, 0.15) is 7.05 Å². The zero-order valence-electron chi connectivity index (χ0n) is 26.5. The Morgan fingerprint density at radius 3 is 1.95 bits per heavy atom. The second kappa shape index (κ2) is 10.6. The predicted molar refractivity (Wildman–Crippen MR) is 178 cm³/mol. The van der Waals surface area contributed by atoms with E-state index in [0.717, 1.165) is 11.4 Å². The molecule has 3 nitrogen and oxygen atoms in total. The Morgan fingerprint density at radius 1 is 0.744 bits per heavy atom. The van der Waals surface area contributed by atoms with E-state index in [4.69, 9.17) is 0 Å². The Hall–Kier alpha value is -3.95. The maximum atomic E-state index is 13.9. The topological polar surface area (TPSA) is 23.3 Å². The lowest BCUT2D eigenvalue weighted by atomic mass is 9.79. The number of allylic oxidation sites excluding steroid dienone is 6. The molecule has 1 amide bonds. The number of carbonyl (C=O) groups is 1. The molecule has 0 spiro atoms. The molecule has 6 rings (SSSR count). The summed E-state index contributed by atoms with van der Waals surface area (Å²) >= 11 is 0. The van der Waals surface area contributed by atoms with Crippen molar-refractivity contribution in [3.63, 3.8) is 0 Å². The highest BCUT2D eigenvalue weighted by atomic mass is 35.5. The highest BCUT2D eigenvalue weighted by Crippen LogP contribution is 2.52. The zero-order valence-corrected chi connectivity index (χ0v) is 27.3. The van der Waals surface area contributed by atoms with Crippen molar-refractivity contribution >= 4 is 44.5 Å². The van der Waals surface area contributed by atoms with E-state index in [1.807, 2.05) is 25.7 Å². The van der Waals surface area contributed by atoms with Gasteiger partial charge in [0.15, 0.2) is 5.71 Å². The quantitative estimate of drug-likeness (QED) is 0.201. The molecule has 4 aromatic rings. The number of hydrogen-bond donors (Lipinski definition) is 0. The summed E-state index contributed by atoms with van der Waals surface area (Å²) in [5, 5.41) is 4.99. The molecule has 43 heavy (non-hydrogen) atoms. The van der Waals surface area contributed by atoms with Gasteiger partial charge in [-0.2, -0.15) is 4.58 Å². The normalized spacial score (nSPS) is 18.2. The first-order chi connectivity index (χ1) is 19.8. The van der Waals surface area contributed by atoms with Gasteiger partial charge >= 0.3 is 0 Å². The van der Waals surface area contributed by atoms with Crippen LogP contribution in [0.3, 0.4) is 0 Å². The minimum Gasteiger partial charge on any atom is -1.00 e. The van der Waals surface area contributed by atoms with Crippen LogP contribution in [0.4, 0.5) is 11.4 Å². The van der Waals surface area contributed by atoms with E-state index in [1.54, 1.807) is 0 Å². The van der Waals surface area contributed by atoms with Crippen molar-refractivity contribution in [3.8, 4) is 0 Å². The first-order valence-electron chi connectivity index (χ1n) is 14.9. The van der Waals surface area contributed by atoms with E-state index >= 15 is 0 Å². The first-order valence-corrected chi connectivity index (χ1v) is 14.9. The van der Waals surface area contributed by atoms with E-state index in [0.29, 0.717) is 0 Å². The molecular formula is C39H41ClN2O. The Morgan fingerprint density at radius 2 is 1.33 bits per heavy atom. The van der Waals surface area contributed by atoms with Gasteiger partial charge in [-0.3, -0.25) is 9.69 Å². The number of amides is 1. The smallest absolute Gasteiger partial charge is 0.236 e. The molecule has 0 atom stereocenters. The fraction of sp³-hybridized carbons (Fsp3) is 0.282. The number of hydrogen-bond acceptors (Lipinski definition) is 1. The number of carbonyl (C=O) groups excluding carboxylic acids is 1. The van der Waals surface area contributed by atoms with Crippen molar-refractivity contribution < 1.29 is 21.8 Å². The van der Waals surface area contributed by atoms with Gasteiger partial charge in [0.2, 0.25) is 11.6 Å². The Kier molecular flexibility index (Phi) is 7.55. The molecule has 4 aromatic carbocycles. The van der Waals surface area contributed by atoms with Gasteiger partial charge in [-0.15, -0.1) is 0 Å². The van der Waals surface area contributed by atoms with Gasteiger partial charge in [0.25, 0.3) is 0 Å². The molecule has 4 heteroatoms. The number of halogens is 1. The van der Waals surface area contributed by atoms with Crippen LogP contribution in [0.5, 0.6) is 0 Å². The standard InChI is InChI=1S/C39H41N2O.ClH/c1-37(2,3)36(42)41-31-25-23-27-17-13-15-19-29(27)35(31)39(6,7)33(41)21-11-9-10-20-32-38(4,5)34-28-18-14-12-16-26(28)22-24-30(34)40(32)8;/h9-25H,1-8H3;1H/q+1;/p-1. The van der Waals surface area contributed by atoms with Crippen molar-refractivity contribution in [2.75, 3.05) is 11.9 Å². The van der Waals surface area contributed by atoms with Crippen LogP contribution in [0.25, 0.3) is 21.5 Å². The second-order valence-electron chi connectivity index (χ2n) is 13.7. The summed E-state index contributed by atoms with van der Waals surface area (Å²) in [6.45, 7) is 15.1. The van der Waals surface area contributed by atoms with Gasteiger partial charge in [0.05, 0.1) is 11.1 Å². The summed E-state index contributed by atoms with van der Waals surface area (Å²) in [5.74, 6) is 0.106. The van der Waals surface area contributed by atoms with E-state index in [-0.39, 0.29) is 29.1 Å². The van der Waals surface area contributed by atoms with Crippen molar-refractivity contribution in [1.29, 1.82) is 0 Å². The number of nitrogens with zero attached hydrogens (tertiary/aromatic N) is 2. The van der Waals surface area contributed by atoms with Crippen LogP contribution in [0, 0.1) is 5.41 Å². The Balaban J connectivity index is 0.00000368. The van der Waals surface area contributed by atoms with Crippen molar-refractivity contribution in [2.45, 2.75) is 59.3 Å². The molecule has 0 bridgehead atoms. The Bertz CT molecular complexity index is 1900. The van der Waals surface area contributed by atoms with Crippen LogP contribution >= 0.6 is 0 Å². The van der Waals surface area contributed by atoms with Gasteiger partial charge < -0.3 is 12.4 Å². The van der Waals surface area contributed by atoms with Gasteiger partial charge in [-0.1, -0.05) is 107 Å². The molecule has 0 N–H and O–H groups in total. The molecule has 0 saturated carbocycles. The molecular weight excluding hydrogens is 548 g/mol. The summed E-state index contributed by atoms with van der Waals surface area (Å²) < 4.78 is 2.32. The monoisotopic (exact) mass is 588 g/mol. The fourth-order valence-electron chi connectivity index (χ4n) is 7.03. The fourth-order valence-corrected chi connectivity index (χ4v) is 7.03. The van der Waals surface area contributed by atoms with Crippen molar-refractivity contribution in [3.05, 3.63) is 120 Å². The third kappa shape index (κ3) is 4.75. The molecule has 2 heterocycles. The summed E-state index contributed by atoms with van der Waals surface area (Å²) in [7, 11) is 2.16. The molecule has 0 unspecified atom stereocenters. The predicted octanol–water partition coefficient (Wildman–Crippen LogP) is 6.37. The van der Waals surface area contributed by atoms with Gasteiger partial charge in [-0.25, -0.2) is 0 Å². The third-order valence-corrected chi connectivity index (χ3v) is 9.12. The summed E-state index contributed by atoms with van der Waals surface area (Å²) in [6.07, 6.45) is 10.6. The van der Waals surface area contributed by atoms with E-state index in [1.165, 1.54) is 44.1 Å². The largest absolute Gasteiger partial charge is 1.00 e. The molecule has 0 saturated heterocycles. The maximum Gasteiger partial charge on any atom is 0.236 e. The molecule has 0 aromatic heterocycles. The number of anilines is 1. The highest BCUT2D eigenvalue weighted by Gasteiger charge is 2.46. The van der Waals surface area contributed by atoms with Crippen LogP contribution in [0.1, 0.15) is 59.6 Å². The number of rotatable bonds is 3. The lowest BCUT2D eigenvalue weighted by molar-refractivity contribution is -0.401. The van der Waals surface area contributed by atoms with E-state index in [9.17, 15) is 4.79 Å². The summed E-state index contributed by atoms with van der Waals surface area (Å²) in [5.41, 5.74) is 6.13. The van der Waals surface area contributed by atoms with Crippen LogP contribution in [0.15, 0.2) is 109 Å². The minimum atomic E-state index is -0.513. The maximum absolute atomic E-state index is 13.9. The minimum absolute atomic E-state index is 0. The Labute approximate surface area is 262 Å². The molecule has 2 aliphatic heterocycles. The van der Waals surface area contributed by atoms with Crippen LogP contribution in [-0.4, -0.2) is 23.2 Å². The summed E-state index contributed by atoms with van der Waals surface area (Å²) in [6, 6.07) is 25.8. The molecule has 0 radical (unpaired) electrons. The van der Waals surface area contributed by atoms with Crippen molar-refractivity contribution in [2.24, 2.45) is 5.41 Å². The van der Waals surface area contributed by atoms with E-state index < -0.39 is 5.41 Å². The SMILES string of the molecule is C[N+]1=C(C=CC=CC=C2N(C(=O)C(C)(C)C)c3ccc4ccccc4c3C2(C)C)C(C)(C)c2c1ccc1ccccc21.[Cl-]. The van der Waals surface area contributed by atoms with Gasteiger partial charge in [-0.05, 0) is 59.2 Å². The van der Waals surface area contributed by atoms with Crippen LogP contribution in [-0.2, 0) is 15.6 Å². The molecule has 2 aliphatic rings. The first kappa shape index (κ1) is 30.5. The molecule has 0 fully saturated rings. The van der Waals surface area contributed by atoms with Crippen LogP contribution < -0.4 is 17.3 Å². The number of fused-ring (bicyclic) bond motifs is 6. The van der Waals surface area contributed by atoms with E-state index in [2.05, 4.69) is 142 Å². The van der Waals surface area contributed by atoms with Gasteiger partial charge in [0, 0.05) is 34.2 Å². The lowest BCUT2D eigenvalue weighted by Crippen LogP contribution is -3.00. The summed E-state index contributed by atoms with van der Waals surface area (Å²) in [4.78, 5) is 15.8. The van der Waals surface area contributed by atoms with Crippen LogP contribution in [0.2, 0.25) is 0 Å². The molecule has 220 valence electrons. The average molecular weight is 589 g/mol. The molecule has 0 aliphatic carbocycles. The third-order valence-electron chi connectivity index (χ3n) is 9.12. The second-order valence-corrected chi connectivity index (χ2v) is 13.7. The number of benzene rings is 4. The zero-order chi connectivity index (χ0) is 30.0.